The number of hydrogen-bond acceptors (Lipinski definition) is 2. The van der Waals surface area contributed by atoms with E-state index in [1.165, 1.54) is 0 Å². The number of hydrogen-bond donors (Lipinski definition) is 0. The molecule has 0 aliphatic carbocycles. The first-order chi connectivity index (χ1) is 7.54. The summed E-state index contributed by atoms with van der Waals surface area (Å²) >= 11 is 5.85. The number of rotatable bonds is 3. The van der Waals surface area contributed by atoms with Gasteiger partial charge < -0.3 is 4.74 Å². The van der Waals surface area contributed by atoms with Crippen LogP contribution in [0.1, 0.15) is 25.0 Å². The van der Waals surface area contributed by atoms with Gasteiger partial charge in [-0.05, 0) is 50.1 Å². The standard InChI is InChI=1S/C13H15ClO2/c1-4-16-13(15)10(3)7-11-5-6-12(14)8-9(11)2/h5-8H,4H2,1-3H3. The van der Waals surface area contributed by atoms with Gasteiger partial charge in [-0.1, -0.05) is 17.7 Å². The van der Waals surface area contributed by atoms with E-state index in [1.807, 2.05) is 25.1 Å². The van der Waals surface area contributed by atoms with Crippen molar-refractivity contribution in [3.05, 3.63) is 39.9 Å². The van der Waals surface area contributed by atoms with Gasteiger partial charge in [0.25, 0.3) is 0 Å². The molecule has 0 radical (unpaired) electrons. The lowest BCUT2D eigenvalue weighted by atomic mass is 10.1. The predicted octanol–water partition coefficient (Wildman–Crippen LogP) is 3.61. The van der Waals surface area contributed by atoms with Crippen LogP contribution in [0.4, 0.5) is 0 Å². The molecule has 0 bridgehead atoms. The average molecular weight is 239 g/mol. The maximum Gasteiger partial charge on any atom is 0.333 e. The van der Waals surface area contributed by atoms with E-state index in [2.05, 4.69) is 0 Å². The summed E-state index contributed by atoms with van der Waals surface area (Å²) in [5.41, 5.74) is 2.61. The lowest BCUT2D eigenvalue weighted by Gasteiger charge is -2.04. The summed E-state index contributed by atoms with van der Waals surface area (Å²) in [4.78, 5) is 11.4. The minimum Gasteiger partial charge on any atom is -0.463 e. The van der Waals surface area contributed by atoms with Crippen molar-refractivity contribution in [2.45, 2.75) is 20.8 Å². The van der Waals surface area contributed by atoms with Gasteiger partial charge in [0.2, 0.25) is 0 Å². The van der Waals surface area contributed by atoms with Crippen LogP contribution in [0, 0.1) is 6.92 Å². The van der Waals surface area contributed by atoms with Gasteiger partial charge in [-0.15, -0.1) is 0 Å². The molecule has 0 saturated carbocycles. The van der Waals surface area contributed by atoms with Crippen LogP contribution in [0.15, 0.2) is 23.8 Å². The minimum absolute atomic E-state index is 0.281. The van der Waals surface area contributed by atoms with Crippen LogP contribution < -0.4 is 0 Å². The number of ether oxygens (including phenoxy) is 1. The van der Waals surface area contributed by atoms with Crippen LogP contribution in [-0.2, 0) is 9.53 Å². The van der Waals surface area contributed by atoms with Crippen molar-refractivity contribution in [3.63, 3.8) is 0 Å². The Bertz CT molecular complexity index is 422. The van der Waals surface area contributed by atoms with Gasteiger partial charge >= 0.3 is 5.97 Å². The molecule has 0 aromatic heterocycles. The van der Waals surface area contributed by atoms with Gasteiger partial charge in [0, 0.05) is 10.6 Å². The third kappa shape index (κ3) is 3.38. The van der Waals surface area contributed by atoms with Crippen LogP contribution in [0.3, 0.4) is 0 Å². The lowest BCUT2D eigenvalue weighted by Crippen LogP contribution is -2.04. The first-order valence-electron chi connectivity index (χ1n) is 5.16. The van der Waals surface area contributed by atoms with Gasteiger partial charge in [0.15, 0.2) is 0 Å². The second-order valence-corrected chi connectivity index (χ2v) is 3.99. The first-order valence-corrected chi connectivity index (χ1v) is 5.54. The van der Waals surface area contributed by atoms with Crippen molar-refractivity contribution in [2.75, 3.05) is 6.61 Å². The van der Waals surface area contributed by atoms with Crippen LogP contribution >= 0.6 is 11.6 Å². The molecule has 0 fully saturated rings. The molecule has 16 heavy (non-hydrogen) atoms. The summed E-state index contributed by atoms with van der Waals surface area (Å²) in [6.07, 6.45) is 1.81. The molecule has 1 rings (SSSR count). The van der Waals surface area contributed by atoms with E-state index < -0.39 is 0 Å². The molecule has 0 atom stereocenters. The Morgan fingerprint density at radius 2 is 2.19 bits per heavy atom. The van der Waals surface area contributed by atoms with Crippen LogP contribution in [0.25, 0.3) is 6.08 Å². The molecule has 0 N–H and O–H groups in total. The first kappa shape index (κ1) is 12.8. The number of aryl methyl sites for hydroxylation is 1. The SMILES string of the molecule is CCOC(=O)C(C)=Cc1ccc(Cl)cc1C. The van der Waals surface area contributed by atoms with E-state index in [0.717, 1.165) is 11.1 Å². The molecule has 3 heteroatoms. The fourth-order valence-electron chi connectivity index (χ4n) is 1.34. The maximum absolute atomic E-state index is 11.4. The Hall–Kier alpha value is -1.28. The number of halogens is 1. The largest absolute Gasteiger partial charge is 0.463 e. The van der Waals surface area contributed by atoms with E-state index in [4.69, 9.17) is 16.3 Å². The number of esters is 1. The lowest BCUT2D eigenvalue weighted by molar-refractivity contribution is -0.138. The Labute approximate surface area is 101 Å². The van der Waals surface area contributed by atoms with Crippen LogP contribution in [0.2, 0.25) is 5.02 Å². The summed E-state index contributed by atoms with van der Waals surface area (Å²) in [6, 6.07) is 5.56. The zero-order valence-electron chi connectivity index (χ0n) is 9.71. The molecule has 0 aliphatic heterocycles. The smallest absolute Gasteiger partial charge is 0.333 e. The van der Waals surface area contributed by atoms with Crippen molar-refractivity contribution in [3.8, 4) is 0 Å². The molecule has 0 heterocycles. The summed E-state index contributed by atoms with van der Waals surface area (Å²) in [5.74, 6) is -0.281. The molecule has 0 spiro atoms. The van der Waals surface area contributed by atoms with Gasteiger partial charge in [-0.3, -0.25) is 0 Å². The molecule has 0 aliphatic rings. The van der Waals surface area contributed by atoms with E-state index in [9.17, 15) is 4.79 Å². The molecule has 2 nitrogen and oxygen atoms in total. The molecule has 0 saturated heterocycles. The van der Waals surface area contributed by atoms with Crippen molar-refractivity contribution in [2.24, 2.45) is 0 Å². The fourth-order valence-corrected chi connectivity index (χ4v) is 1.56. The minimum atomic E-state index is -0.281. The summed E-state index contributed by atoms with van der Waals surface area (Å²) in [5, 5.41) is 0.698. The van der Waals surface area contributed by atoms with Gasteiger partial charge in [-0.2, -0.15) is 0 Å². The van der Waals surface area contributed by atoms with Crippen LogP contribution in [-0.4, -0.2) is 12.6 Å². The fraction of sp³-hybridized carbons (Fsp3) is 0.308. The summed E-state index contributed by atoms with van der Waals surface area (Å²) in [7, 11) is 0. The molecule has 0 unspecified atom stereocenters. The molecule has 0 amide bonds. The highest BCUT2D eigenvalue weighted by Crippen LogP contribution is 2.18. The Morgan fingerprint density at radius 1 is 1.50 bits per heavy atom. The van der Waals surface area contributed by atoms with Crippen molar-refractivity contribution in [1.29, 1.82) is 0 Å². The number of carbonyl (C=O) groups is 1. The monoisotopic (exact) mass is 238 g/mol. The van der Waals surface area contributed by atoms with Crippen molar-refractivity contribution < 1.29 is 9.53 Å². The molecule has 1 aromatic carbocycles. The van der Waals surface area contributed by atoms with Crippen molar-refractivity contribution in [1.82, 2.24) is 0 Å². The normalized spacial score (nSPS) is 11.4. The Morgan fingerprint density at radius 3 is 2.75 bits per heavy atom. The Balaban J connectivity index is 2.94. The molecular formula is C13H15ClO2. The third-order valence-corrected chi connectivity index (χ3v) is 2.44. The van der Waals surface area contributed by atoms with Gasteiger partial charge in [0.05, 0.1) is 6.61 Å². The molecule has 1 aromatic rings. The van der Waals surface area contributed by atoms with E-state index >= 15 is 0 Å². The second kappa shape index (κ2) is 5.71. The third-order valence-electron chi connectivity index (χ3n) is 2.20. The Kier molecular flexibility index (Phi) is 4.56. The topological polar surface area (TPSA) is 26.3 Å². The number of carbonyl (C=O) groups excluding carboxylic acids is 1. The molecular weight excluding hydrogens is 224 g/mol. The predicted molar refractivity (Wildman–Crippen MR) is 66.5 cm³/mol. The average Bonchev–Trinajstić information content (AvgIpc) is 2.22. The van der Waals surface area contributed by atoms with Crippen LogP contribution in [0.5, 0.6) is 0 Å². The quantitative estimate of drug-likeness (QED) is 0.594. The van der Waals surface area contributed by atoms with E-state index in [0.29, 0.717) is 17.2 Å². The number of benzene rings is 1. The zero-order chi connectivity index (χ0) is 12.1. The highest BCUT2D eigenvalue weighted by atomic mass is 35.5. The maximum atomic E-state index is 11.4. The highest BCUT2D eigenvalue weighted by Gasteiger charge is 2.05. The zero-order valence-corrected chi connectivity index (χ0v) is 10.5. The second-order valence-electron chi connectivity index (χ2n) is 3.55. The molecule has 86 valence electrons. The highest BCUT2D eigenvalue weighted by molar-refractivity contribution is 6.30. The van der Waals surface area contributed by atoms with Gasteiger partial charge in [-0.25, -0.2) is 4.79 Å². The van der Waals surface area contributed by atoms with E-state index in [1.54, 1.807) is 19.9 Å². The van der Waals surface area contributed by atoms with E-state index in [-0.39, 0.29) is 5.97 Å². The summed E-state index contributed by atoms with van der Waals surface area (Å²) in [6.45, 7) is 5.88. The summed E-state index contributed by atoms with van der Waals surface area (Å²) < 4.78 is 4.91. The van der Waals surface area contributed by atoms with Gasteiger partial charge in [0.1, 0.15) is 0 Å². The van der Waals surface area contributed by atoms with Crippen molar-refractivity contribution >= 4 is 23.6 Å².